The molecule has 1 aromatic carbocycles. The van der Waals surface area contributed by atoms with Gasteiger partial charge in [0.1, 0.15) is 0 Å². The molecule has 0 amide bonds. The largest absolute Gasteiger partial charge is 0.309 e. The Labute approximate surface area is 105 Å². The van der Waals surface area contributed by atoms with Crippen molar-refractivity contribution in [3.8, 4) is 0 Å². The summed E-state index contributed by atoms with van der Waals surface area (Å²) >= 11 is 5.96. The normalized spacial score (nSPS) is 10.1. The third-order valence-corrected chi connectivity index (χ3v) is 2.58. The first-order valence-electron chi connectivity index (χ1n) is 5.27. The number of benzene rings is 1. The highest BCUT2D eigenvalue weighted by molar-refractivity contribution is 6.31. The molecule has 0 bridgehead atoms. The van der Waals surface area contributed by atoms with E-state index in [1.54, 1.807) is 6.07 Å². The predicted molar refractivity (Wildman–Crippen MR) is 69.2 cm³/mol. The number of nitro groups is 1. The van der Waals surface area contributed by atoms with Gasteiger partial charge in [-0.15, -0.1) is 0 Å². The summed E-state index contributed by atoms with van der Waals surface area (Å²) in [4.78, 5) is 10.2. The molecule has 1 rings (SSSR count). The van der Waals surface area contributed by atoms with Gasteiger partial charge in [0.15, 0.2) is 0 Å². The molecule has 5 heteroatoms. The third kappa shape index (κ3) is 4.54. The maximum Gasteiger partial charge on any atom is 0.269 e. The summed E-state index contributed by atoms with van der Waals surface area (Å²) < 4.78 is 0. The van der Waals surface area contributed by atoms with Gasteiger partial charge in [0.2, 0.25) is 0 Å². The molecular weight excluding hydrogens is 240 g/mol. The fourth-order valence-electron chi connectivity index (χ4n) is 1.29. The van der Waals surface area contributed by atoms with E-state index in [1.165, 1.54) is 17.7 Å². The van der Waals surface area contributed by atoms with Gasteiger partial charge in [0, 0.05) is 30.2 Å². The van der Waals surface area contributed by atoms with E-state index in [4.69, 9.17) is 11.6 Å². The van der Waals surface area contributed by atoms with Crippen LogP contribution < -0.4 is 5.32 Å². The SMILES string of the molecule is CC(C)=CCNCc1cc([N+](=O)[O-])ccc1Cl. The molecule has 0 unspecified atom stereocenters. The Kier molecular flexibility index (Phi) is 5.12. The summed E-state index contributed by atoms with van der Waals surface area (Å²) in [6, 6.07) is 4.46. The standard InChI is InChI=1S/C12H15ClN2O2/c1-9(2)5-6-14-8-10-7-11(15(16)17)3-4-12(10)13/h3-5,7,14H,6,8H2,1-2H3. The van der Waals surface area contributed by atoms with E-state index in [2.05, 4.69) is 5.32 Å². The minimum absolute atomic E-state index is 0.0633. The maximum atomic E-state index is 10.6. The molecule has 0 aliphatic carbocycles. The van der Waals surface area contributed by atoms with Crippen LogP contribution >= 0.6 is 11.6 Å². The first-order chi connectivity index (χ1) is 8.00. The molecule has 1 aromatic rings. The Hall–Kier alpha value is -1.39. The highest BCUT2D eigenvalue weighted by Crippen LogP contribution is 2.21. The van der Waals surface area contributed by atoms with Gasteiger partial charge in [0.05, 0.1) is 4.92 Å². The molecule has 0 spiro atoms. The van der Waals surface area contributed by atoms with Crippen LogP contribution in [-0.2, 0) is 6.54 Å². The molecule has 0 saturated heterocycles. The van der Waals surface area contributed by atoms with Gasteiger partial charge >= 0.3 is 0 Å². The fraction of sp³-hybridized carbons (Fsp3) is 0.333. The van der Waals surface area contributed by atoms with Crippen LogP contribution in [0.4, 0.5) is 5.69 Å². The van der Waals surface area contributed by atoms with Crippen LogP contribution in [0.3, 0.4) is 0 Å². The highest BCUT2D eigenvalue weighted by Gasteiger charge is 2.08. The van der Waals surface area contributed by atoms with Crippen molar-refractivity contribution in [2.45, 2.75) is 20.4 Å². The molecule has 4 nitrogen and oxygen atoms in total. The van der Waals surface area contributed by atoms with Gasteiger partial charge in [-0.2, -0.15) is 0 Å². The summed E-state index contributed by atoms with van der Waals surface area (Å²) in [5.41, 5.74) is 2.03. The van der Waals surface area contributed by atoms with Crippen molar-refractivity contribution in [2.75, 3.05) is 6.54 Å². The van der Waals surface area contributed by atoms with E-state index >= 15 is 0 Å². The second kappa shape index (κ2) is 6.37. The Morgan fingerprint density at radius 1 is 1.53 bits per heavy atom. The number of nitrogens with zero attached hydrogens (tertiary/aromatic N) is 1. The van der Waals surface area contributed by atoms with Crippen molar-refractivity contribution < 1.29 is 4.92 Å². The van der Waals surface area contributed by atoms with Gasteiger partial charge in [-0.1, -0.05) is 23.3 Å². The number of nitrogens with one attached hydrogen (secondary N) is 1. The van der Waals surface area contributed by atoms with Gasteiger partial charge in [-0.05, 0) is 25.5 Å². The maximum absolute atomic E-state index is 10.6. The van der Waals surface area contributed by atoms with Gasteiger partial charge in [0.25, 0.3) is 5.69 Å². The lowest BCUT2D eigenvalue weighted by Gasteiger charge is -2.05. The first kappa shape index (κ1) is 13.7. The molecule has 0 saturated carbocycles. The minimum Gasteiger partial charge on any atom is -0.309 e. The van der Waals surface area contributed by atoms with E-state index in [-0.39, 0.29) is 5.69 Å². The molecule has 0 heterocycles. The zero-order chi connectivity index (χ0) is 12.8. The zero-order valence-corrected chi connectivity index (χ0v) is 10.6. The van der Waals surface area contributed by atoms with Crippen molar-refractivity contribution in [3.05, 3.63) is 50.5 Å². The van der Waals surface area contributed by atoms with Gasteiger partial charge in [-0.3, -0.25) is 10.1 Å². The van der Waals surface area contributed by atoms with E-state index < -0.39 is 4.92 Å². The van der Waals surface area contributed by atoms with Gasteiger partial charge < -0.3 is 5.32 Å². The number of hydrogen-bond donors (Lipinski definition) is 1. The van der Waals surface area contributed by atoms with Crippen molar-refractivity contribution in [2.24, 2.45) is 0 Å². The summed E-state index contributed by atoms with van der Waals surface area (Å²) in [5.74, 6) is 0. The number of nitro benzene ring substituents is 1. The van der Waals surface area contributed by atoms with Crippen LogP contribution in [0, 0.1) is 10.1 Å². The quantitative estimate of drug-likeness (QED) is 0.380. The molecule has 0 fully saturated rings. The van der Waals surface area contributed by atoms with Crippen molar-refractivity contribution in [1.29, 1.82) is 0 Å². The topological polar surface area (TPSA) is 55.2 Å². The molecule has 0 aromatic heterocycles. The van der Waals surface area contributed by atoms with Crippen molar-refractivity contribution in [1.82, 2.24) is 5.32 Å². The zero-order valence-electron chi connectivity index (χ0n) is 9.87. The molecule has 92 valence electrons. The molecule has 0 aliphatic rings. The monoisotopic (exact) mass is 254 g/mol. The third-order valence-electron chi connectivity index (χ3n) is 2.21. The lowest BCUT2D eigenvalue weighted by molar-refractivity contribution is -0.384. The number of allylic oxidation sites excluding steroid dienone is 1. The lowest BCUT2D eigenvalue weighted by Crippen LogP contribution is -2.13. The summed E-state index contributed by atoms with van der Waals surface area (Å²) in [6.07, 6.45) is 2.05. The fourth-order valence-corrected chi connectivity index (χ4v) is 1.48. The van der Waals surface area contributed by atoms with Crippen molar-refractivity contribution in [3.63, 3.8) is 0 Å². The van der Waals surface area contributed by atoms with E-state index in [9.17, 15) is 10.1 Å². The Morgan fingerprint density at radius 2 is 2.24 bits per heavy atom. The van der Waals surface area contributed by atoms with Crippen LogP contribution in [0.1, 0.15) is 19.4 Å². The summed E-state index contributed by atoms with van der Waals surface area (Å²) in [6.45, 7) is 5.27. The number of non-ortho nitro benzene ring substituents is 1. The van der Waals surface area contributed by atoms with E-state index in [0.29, 0.717) is 11.6 Å². The minimum atomic E-state index is -0.421. The van der Waals surface area contributed by atoms with Crippen LogP contribution in [-0.4, -0.2) is 11.5 Å². The molecule has 17 heavy (non-hydrogen) atoms. The Bertz CT molecular complexity index is 440. The summed E-state index contributed by atoms with van der Waals surface area (Å²) in [5, 5.41) is 14.3. The smallest absolute Gasteiger partial charge is 0.269 e. The number of rotatable bonds is 5. The van der Waals surface area contributed by atoms with Crippen LogP contribution in [0.25, 0.3) is 0 Å². The van der Waals surface area contributed by atoms with E-state index in [1.807, 2.05) is 19.9 Å². The second-order valence-corrected chi connectivity index (χ2v) is 4.35. The molecule has 0 atom stereocenters. The second-order valence-electron chi connectivity index (χ2n) is 3.95. The molecule has 0 radical (unpaired) electrons. The average Bonchev–Trinajstić information content (AvgIpc) is 2.25. The highest BCUT2D eigenvalue weighted by atomic mass is 35.5. The molecule has 0 aliphatic heterocycles. The number of hydrogen-bond acceptors (Lipinski definition) is 3. The van der Waals surface area contributed by atoms with E-state index in [0.717, 1.165) is 12.1 Å². The van der Waals surface area contributed by atoms with Gasteiger partial charge in [-0.25, -0.2) is 0 Å². The average molecular weight is 255 g/mol. The predicted octanol–water partition coefficient (Wildman–Crippen LogP) is 3.30. The Morgan fingerprint density at radius 3 is 2.82 bits per heavy atom. The van der Waals surface area contributed by atoms with Crippen LogP contribution in [0.5, 0.6) is 0 Å². The lowest BCUT2D eigenvalue weighted by atomic mass is 10.2. The van der Waals surface area contributed by atoms with Crippen molar-refractivity contribution >= 4 is 17.3 Å². The van der Waals surface area contributed by atoms with Crippen LogP contribution in [0.2, 0.25) is 5.02 Å². The Balaban J connectivity index is 2.66. The summed E-state index contributed by atoms with van der Waals surface area (Å²) in [7, 11) is 0. The molecular formula is C12H15ClN2O2. The number of halogens is 1. The molecule has 1 N–H and O–H groups in total. The first-order valence-corrected chi connectivity index (χ1v) is 5.65. The van der Waals surface area contributed by atoms with Crippen LogP contribution in [0.15, 0.2) is 29.8 Å².